The van der Waals surface area contributed by atoms with Crippen LogP contribution in [0.5, 0.6) is 0 Å². The second-order valence-electron chi connectivity index (χ2n) is 5.21. The summed E-state index contributed by atoms with van der Waals surface area (Å²) in [6, 6.07) is -0.986. The van der Waals surface area contributed by atoms with Gasteiger partial charge in [0.1, 0.15) is 0 Å². The fourth-order valence-electron chi connectivity index (χ4n) is 1.84. The fourth-order valence-corrected chi connectivity index (χ4v) is 1.84. The molecule has 0 unspecified atom stereocenters. The zero-order chi connectivity index (χ0) is 14.4. The number of carbonyl (C=O) groups is 2. The summed E-state index contributed by atoms with van der Waals surface area (Å²) in [6.45, 7) is 4.25. The highest BCUT2D eigenvalue weighted by atomic mass is 16.3. The molecule has 1 aliphatic rings. The summed E-state index contributed by atoms with van der Waals surface area (Å²) in [5, 5.41) is 15.2. The van der Waals surface area contributed by atoms with Gasteiger partial charge in [-0.1, -0.05) is 19.9 Å². The Kier molecular flexibility index (Phi) is 5.98. The summed E-state index contributed by atoms with van der Waals surface area (Å²) in [7, 11) is 0. The minimum atomic E-state index is -0.736. The van der Waals surface area contributed by atoms with Crippen LogP contribution >= 0.6 is 0 Å². The van der Waals surface area contributed by atoms with Crippen LogP contribution in [0.3, 0.4) is 0 Å². The molecule has 1 rings (SSSR count). The first-order valence-corrected chi connectivity index (χ1v) is 6.60. The molecule has 0 saturated heterocycles. The van der Waals surface area contributed by atoms with E-state index in [1.165, 1.54) is 6.08 Å². The normalized spacial score (nSPS) is 31.9. The second kappa shape index (κ2) is 7.25. The van der Waals surface area contributed by atoms with Crippen molar-refractivity contribution in [1.82, 2.24) is 10.6 Å². The molecule has 3 atom stereocenters. The van der Waals surface area contributed by atoms with Crippen molar-refractivity contribution in [3.05, 3.63) is 12.2 Å². The van der Waals surface area contributed by atoms with E-state index in [1.807, 2.05) is 13.8 Å². The lowest BCUT2D eigenvalue weighted by atomic mass is 10.0. The largest absolute Gasteiger partial charge is 0.393 e. The maximum atomic E-state index is 11.9. The third-order valence-corrected chi connectivity index (χ3v) is 3.12. The first kappa shape index (κ1) is 15.7. The van der Waals surface area contributed by atoms with E-state index in [0.717, 1.165) is 0 Å². The highest BCUT2D eigenvalue weighted by Crippen LogP contribution is 2.06. The highest BCUT2D eigenvalue weighted by Gasteiger charge is 2.22. The van der Waals surface area contributed by atoms with Crippen LogP contribution < -0.4 is 16.4 Å². The summed E-state index contributed by atoms with van der Waals surface area (Å²) in [4.78, 5) is 23.4. The van der Waals surface area contributed by atoms with Gasteiger partial charge in [0.15, 0.2) is 0 Å². The quantitative estimate of drug-likeness (QED) is 0.504. The average molecular weight is 269 g/mol. The summed E-state index contributed by atoms with van der Waals surface area (Å²) in [6.07, 6.45) is 2.96. The zero-order valence-electron chi connectivity index (χ0n) is 11.4. The van der Waals surface area contributed by atoms with Gasteiger partial charge in [0, 0.05) is 18.7 Å². The molecule has 0 fully saturated rings. The molecular formula is C13H23N3O3. The van der Waals surface area contributed by atoms with Gasteiger partial charge in [-0.3, -0.25) is 9.59 Å². The predicted octanol–water partition coefficient (Wildman–Crippen LogP) is -0.718. The van der Waals surface area contributed by atoms with Gasteiger partial charge < -0.3 is 21.5 Å². The molecular weight excluding hydrogens is 246 g/mol. The maximum absolute atomic E-state index is 11.9. The van der Waals surface area contributed by atoms with E-state index in [9.17, 15) is 14.7 Å². The van der Waals surface area contributed by atoms with E-state index >= 15 is 0 Å². The molecule has 2 amide bonds. The number of aliphatic hydroxyl groups excluding tert-OH is 1. The predicted molar refractivity (Wildman–Crippen MR) is 72.1 cm³/mol. The number of amides is 2. The molecule has 0 saturated carbocycles. The Morgan fingerprint density at radius 3 is 2.74 bits per heavy atom. The van der Waals surface area contributed by atoms with Gasteiger partial charge in [0.25, 0.3) is 0 Å². The number of hydrogen-bond acceptors (Lipinski definition) is 4. The van der Waals surface area contributed by atoms with Crippen LogP contribution in [0.25, 0.3) is 0 Å². The molecule has 1 heterocycles. The van der Waals surface area contributed by atoms with Crippen molar-refractivity contribution in [2.45, 2.75) is 44.9 Å². The number of aliphatic hydroxyl groups is 1. The summed E-state index contributed by atoms with van der Waals surface area (Å²) in [5.41, 5.74) is 5.75. The van der Waals surface area contributed by atoms with Crippen LogP contribution in [0.1, 0.15) is 26.7 Å². The molecule has 0 bridgehead atoms. The standard InChI is InChI=1S/C13H23N3O3/c1-8(2)11-3-4-12(18)15-6-5-9(17)7-10(14)13(19)16-11/h3-4,8-11,17H,5-7,14H2,1-2H3,(H,15,18)(H,16,19)/b4-3-/t9-,10-,11+/m0/s1. The molecule has 6 nitrogen and oxygen atoms in total. The summed E-state index contributed by atoms with van der Waals surface area (Å²) in [5.74, 6) is -0.381. The number of nitrogens with one attached hydrogen (secondary N) is 2. The number of carbonyl (C=O) groups excluding carboxylic acids is 2. The molecule has 0 aromatic rings. The highest BCUT2D eigenvalue weighted by molar-refractivity contribution is 5.88. The van der Waals surface area contributed by atoms with Gasteiger partial charge in [-0.25, -0.2) is 0 Å². The number of rotatable bonds is 1. The average Bonchev–Trinajstić information content (AvgIpc) is 2.32. The summed E-state index contributed by atoms with van der Waals surface area (Å²) >= 11 is 0. The van der Waals surface area contributed by atoms with Crippen LogP contribution in [0.4, 0.5) is 0 Å². The molecule has 0 aliphatic carbocycles. The SMILES string of the molecule is CC(C)[C@H]1/C=C\C(=O)NCC[C@H](O)C[C@H](N)C(=O)N1. The molecule has 108 valence electrons. The van der Waals surface area contributed by atoms with Crippen LogP contribution in [0, 0.1) is 5.92 Å². The molecule has 0 spiro atoms. The van der Waals surface area contributed by atoms with Gasteiger partial charge in [-0.15, -0.1) is 0 Å². The molecule has 5 N–H and O–H groups in total. The van der Waals surface area contributed by atoms with Gasteiger partial charge in [-0.05, 0) is 18.8 Å². The van der Waals surface area contributed by atoms with Crippen molar-refractivity contribution in [2.75, 3.05) is 6.54 Å². The monoisotopic (exact) mass is 269 g/mol. The Bertz CT molecular complexity index is 355. The Hall–Kier alpha value is -1.40. The molecule has 0 radical (unpaired) electrons. The molecule has 1 aliphatic heterocycles. The topological polar surface area (TPSA) is 104 Å². The van der Waals surface area contributed by atoms with E-state index in [-0.39, 0.29) is 30.2 Å². The van der Waals surface area contributed by atoms with Crippen molar-refractivity contribution in [1.29, 1.82) is 0 Å². The molecule has 0 aromatic carbocycles. The maximum Gasteiger partial charge on any atom is 0.243 e. The van der Waals surface area contributed by atoms with Gasteiger partial charge in [0.05, 0.1) is 12.1 Å². The molecule has 6 heteroatoms. The van der Waals surface area contributed by atoms with E-state index in [1.54, 1.807) is 6.08 Å². The molecule has 19 heavy (non-hydrogen) atoms. The zero-order valence-corrected chi connectivity index (χ0v) is 11.4. The number of nitrogens with two attached hydrogens (primary N) is 1. The van der Waals surface area contributed by atoms with Crippen molar-refractivity contribution in [3.8, 4) is 0 Å². The van der Waals surface area contributed by atoms with Crippen LogP contribution in [-0.2, 0) is 9.59 Å². The Morgan fingerprint density at radius 2 is 2.11 bits per heavy atom. The Morgan fingerprint density at radius 1 is 1.42 bits per heavy atom. The van der Waals surface area contributed by atoms with Gasteiger partial charge in [0.2, 0.25) is 11.8 Å². The van der Waals surface area contributed by atoms with E-state index in [0.29, 0.717) is 13.0 Å². The van der Waals surface area contributed by atoms with E-state index < -0.39 is 12.1 Å². The first-order valence-electron chi connectivity index (χ1n) is 6.60. The van der Waals surface area contributed by atoms with Crippen molar-refractivity contribution < 1.29 is 14.7 Å². The molecule has 0 aromatic heterocycles. The minimum absolute atomic E-state index is 0.146. The van der Waals surface area contributed by atoms with Gasteiger partial charge >= 0.3 is 0 Å². The van der Waals surface area contributed by atoms with E-state index in [4.69, 9.17) is 5.73 Å². The second-order valence-corrected chi connectivity index (χ2v) is 5.21. The lowest BCUT2D eigenvalue weighted by Crippen LogP contribution is -2.48. The fraction of sp³-hybridized carbons (Fsp3) is 0.692. The van der Waals surface area contributed by atoms with Crippen molar-refractivity contribution >= 4 is 11.8 Å². The lowest BCUT2D eigenvalue weighted by Gasteiger charge is -2.23. The smallest absolute Gasteiger partial charge is 0.243 e. The third-order valence-electron chi connectivity index (χ3n) is 3.12. The Labute approximate surface area is 113 Å². The van der Waals surface area contributed by atoms with Crippen LogP contribution in [-0.4, -0.2) is 41.7 Å². The van der Waals surface area contributed by atoms with Crippen LogP contribution in [0.15, 0.2) is 12.2 Å². The third kappa shape index (κ3) is 5.40. The van der Waals surface area contributed by atoms with E-state index in [2.05, 4.69) is 10.6 Å². The minimum Gasteiger partial charge on any atom is -0.393 e. The summed E-state index contributed by atoms with van der Waals surface area (Å²) < 4.78 is 0. The number of hydrogen-bond donors (Lipinski definition) is 4. The Balaban J connectivity index is 2.82. The first-order chi connectivity index (χ1) is 8.90. The van der Waals surface area contributed by atoms with Crippen molar-refractivity contribution in [2.24, 2.45) is 11.7 Å². The van der Waals surface area contributed by atoms with Gasteiger partial charge in [-0.2, -0.15) is 0 Å². The van der Waals surface area contributed by atoms with Crippen molar-refractivity contribution in [3.63, 3.8) is 0 Å². The van der Waals surface area contributed by atoms with Crippen LogP contribution in [0.2, 0.25) is 0 Å². The lowest BCUT2D eigenvalue weighted by molar-refractivity contribution is -0.124.